The molecule has 2 rings (SSSR count). The van der Waals surface area contributed by atoms with Gasteiger partial charge < -0.3 is 9.84 Å². The summed E-state index contributed by atoms with van der Waals surface area (Å²) in [7, 11) is 1.90. The van der Waals surface area contributed by atoms with Gasteiger partial charge in [-0.05, 0) is 18.7 Å². The SMILES string of the molecule is CN(Cc1cccc(F)c1Cl)CC1(O)CCOCC1. The maximum atomic E-state index is 13.3. The molecule has 1 aliphatic rings. The Hall–Kier alpha value is -0.680. The second-order valence-electron chi connectivity index (χ2n) is 5.22. The van der Waals surface area contributed by atoms with Gasteiger partial charge in [-0.25, -0.2) is 4.39 Å². The monoisotopic (exact) mass is 287 g/mol. The molecule has 0 aliphatic carbocycles. The van der Waals surface area contributed by atoms with Gasteiger partial charge in [0.1, 0.15) is 5.82 Å². The van der Waals surface area contributed by atoms with Crippen LogP contribution in [0, 0.1) is 5.82 Å². The summed E-state index contributed by atoms with van der Waals surface area (Å²) in [5, 5.41) is 10.6. The van der Waals surface area contributed by atoms with Crippen LogP contribution >= 0.6 is 11.6 Å². The highest BCUT2D eigenvalue weighted by atomic mass is 35.5. The minimum atomic E-state index is -0.715. The van der Waals surface area contributed by atoms with Crippen molar-refractivity contribution in [1.82, 2.24) is 4.90 Å². The van der Waals surface area contributed by atoms with Crippen molar-refractivity contribution in [2.75, 3.05) is 26.8 Å². The maximum Gasteiger partial charge on any atom is 0.142 e. The third-order valence-electron chi connectivity index (χ3n) is 3.46. The molecule has 1 aromatic rings. The van der Waals surface area contributed by atoms with Gasteiger partial charge >= 0.3 is 0 Å². The zero-order valence-electron chi connectivity index (χ0n) is 11.0. The first-order chi connectivity index (χ1) is 9.00. The number of hydrogen-bond acceptors (Lipinski definition) is 3. The molecule has 0 bridgehead atoms. The molecular weight excluding hydrogens is 269 g/mol. The van der Waals surface area contributed by atoms with E-state index in [0.717, 1.165) is 5.56 Å². The largest absolute Gasteiger partial charge is 0.388 e. The topological polar surface area (TPSA) is 32.7 Å². The fourth-order valence-corrected chi connectivity index (χ4v) is 2.61. The van der Waals surface area contributed by atoms with Crippen molar-refractivity contribution in [1.29, 1.82) is 0 Å². The summed E-state index contributed by atoms with van der Waals surface area (Å²) in [6, 6.07) is 4.79. The molecule has 0 aromatic heterocycles. The molecule has 0 saturated carbocycles. The number of ether oxygens (including phenoxy) is 1. The van der Waals surface area contributed by atoms with Crippen LogP contribution in [0.1, 0.15) is 18.4 Å². The Kier molecular flexibility index (Phi) is 4.79. The smallest absolute Gasteiger partial charge is 0.142 e. The molecule has 3 nitrogen and oxygen atoms in total. The summed E-state index contributed by atoms with van der Waals surface area (Å²) in [6.45, 7) is 2.22. The highest BCUT2D eigenvalue weighted by Gasteiger charge is 2.31. The van der Waals surface area contributed by atoms with Crippen LogP contribution in [0.3, 0.4) is 0 Å². The van der Waals surface area contributed by atoms with Crippen LogP contribution < -0.4 is 0 Å². The average Bonchev–Trinajstić information content (AvgIpc) is 2.35. The molecule has 1 N–H and O–H groups in total. The fourth-order valence-electron chi connectivity index (χ4n) is 2.43. The highest BCUT2D eigenvalue weighted by molar-refractivity contribution is 6.31. The first-order valence-corrected chi connectivity index (χ1v) is 6.79. The first kappa shape index (κ1) is 14.7. The minimum absolute atomic E-state index is 0.160. The van der Waals surface area contributed by atoms with Gasteiger partial charge in [0.25, 0.3) is 0 Å². The van der Waals surface area contributed by atoms with E-state index in [-0.39, 0.29) is 5.02 Å². The normalized spacial score (nSPS) is 18.8. The van der Waals surface area contributed by atoms with Crippen LogP contribution in [0.2, 0.25) is 5.02 Å². The number of nitrogens with zero attached hydrogens (tertiary/aromatic N) is 1. The lowest BCUT2D eigenvalue weighted by Crippen LogP contribution is -2.45. The number of rotatable bonds is 4. The van der Waals surface area contributed by atoms with E-state index < -0.39 is 11.4 Å². The van der Waals surface area contributed by atoms with E-state index in [1.54, 1.807) is 12.1 Å². The van der Waals surface area contributed by atoms with E-state index in [4.69, 9.17) is 16.3 Å². The van der Waals surface area contributed by atoms with Crippen LogP contribution in [-0.2, 0) is 11.3 Å². The van der Waals surface area contributed by atoms with Gasteiger partial charge in [-0.3, -0.25) is 4.90 Å². The molecule has 0 spiro atoms. The van der Waals surface area contributed by atoms with Crippen LogP contribution in [0.4, 0.5) is 4.39 Å². The van der Waals surface area contributed by atoms with E-state index in [2.05, 4.69) is 0 Å². The Balaban J connectivity index is 1.97. The Morgan fingerprint density at radius 2 is 2.11 bits per heavy atom. The van der Waals surface area contributed by atoms with Gasteiger partial charge in [0.2, 0.25) is 0 Å². The second kappa shape index (κ2) is 6.18. The first-order valence-electron chi connectivity index (χ1n) is 6.42. The third kappa shape index (κ3) is 3.89. The van der Waals surface area contributed by atoms with Gasteiger partial charge in [0.15, 0.2) is 0 Å². The maximum absolute atomic E-state index is 13.3. The summed E-state index contributed by atoms with van der Waals surface area (Å²) >= 11 is 5.93. The zero-order chi connectivity index (χ0) is 13.9. The van der Waals surface area contributed by atoms with Crippen LogP contribution in [0.25, 0.3) is 0 Å². The number of halogens is 2. The van der Waals surface area contributed by atoms with E-state index >= 15 is 0 Å². The molecule has 1 aliphatic heterocycles. The quantitative estimate of drug-likeness (QED) is 0.923. The molecule has 0 atom stereocenters. The van der Waals surface area contributed by atoms with Crippen molar-refractivity contribution in [2.24, 2.45) is 0 Å². The Labute approximate surface area is 117 Å². The molecular formula is C14H19ClFNO2. The predicted octanol–water partition coefficient (Wildman–Crippen LogP) is 2.45. The van der Waals surface area contributed by atoms with Crippen molar-refractivity contribution in [3.05, 3.63) is 34.6 Å². The molecule has 1 fully saturated rings. The van der Waals surface area contributed by atoms with Gasteiger partial charge in [0, 0.05) is 39.1 Å². The summed E-state index contributed by atoms with van der Waals surface area (Å²) in [5.41, 5.74) is 0.0205. The van der Waals surface area contributed by atoms with E-state index in [9.17, 15) is 9.50 Å². The molecule has 0 unspecified atom stereocenters. The lowest BCUT2D eigenvalue weighted by atomic mass is 9.94. The molecule has 1 saturated heterocycles. The summed E-state index contributed by atoms with van der Waals surface area (Å²) in [4.78, 5) is 1.96. The zero-order valence-corrected chi connectivity index (χ0v) is 11.8. The Morgan fingerprint density at radius 3 is 2.79 bits per heavy atom. The van der Waals surface area contributed by atoms with Crippen molar-refractivity contribution >= 4 is 11.6 Å². The Morgan fingerprint density at radius 1 is 1.42 bits per heavy atom. The summed E-state index contributed by atoms with van der Waals surface area (Å²) in [6.07, 6.45) is 1.27. The van der Waals surface area contributed by atoms with Gasteiger partial charge in [0.05, 0.1) is 10.6 Å². The predicted molar refractivity (Wildman–Crippen MR) is 72.7 cm³/mol. The molecule has 1 heterocycles. The molecule has 0 amide bonds. The highest BCUT2D eigenvalue weighted by Crippen LogP contribution is 2.24. The van der Waals surface area contributed by atoms with Gasteiger partial charge in [-0.1, -0.05) is 23.7 Å². The number of hydrogen-bond donors (Lipinski definition) is 1. The van der Waals surface area contributed by atoms with Crippen LogP contribution in [0.5, 0.6) is 0 Å². The van der Waals surface area contributed by atoms with Crippen molar-refractivity contribution < 1.29 is 14.2 Å². The number of aliphatic hydroxyl groups is 1. The van der Waals surface area contributed by atoms with Gasteiger partial charge in [-0.15, -0.1) is 0 Å². The standard InChI is InChI=1S/C14H19ClFNO2/c1-17(10-14(18)5-7-19-8-6-14)9-11-3-2-4-12(16)13(11)15/h2-4,18H,5-10H2,1H3. The van der Waals surface area contributed by atoms with E-state index in [0.29, 0.717) is 39.1 Å². The third-order valence-corrected chi connectivity index (χ3v) is 3.88. The average molecular weight is 288 g/mol. The second-order valence-corrected chi connectivity index (χ2v) is 5.60. The molecule has 0 radical (unpaired) electrons. The molecule has 1 aromatic carbocycles. The summed E-state index contributed by atoms with van der Waals surface area (Å²) in [5.74, 6) is -0.405. The summed E-state index contributed by atoms with van der Waals surface area (Å²) < 4.78 is 18.6. The van der Waals surface area contributed by atoms with Gasteiger partial charge in [-0.2, -0.15) is 0 Å². The molecule has 5 heteroatoms. The lowest BCUT2D eigenvalue weighted by molar-refractivity contribution is -0.0777. The number of benzene rings is 1. The number of likely N-dealkylation sites (N-methyl/N-ethyl adjacent to an activating group) is 1. The lowest BCUT2D eigenvalue weighted by Gasteiger charge is -2.35. The minimum Gasteiger partial charge on any atom is -0.388 e. The Bertz CT molecular complexity index is 435. The van der Waals surface area contributed by atoms with Crippen LogP contribution in [0.15, 0.2) is 18.2 Å². The van der Waals surface area contributed by atoms with Crippen molar-refractivity contribution in [2.45, 2.75) is 25.0 Å². The van der Waals surface area contributed by atoms with E-state index in [1.165, 1.54) is 6.07 Å². The fraction of sp³-hybridized carbons (Fsp3) is 0.571. The van der Waals surface area contributed by atoms with Crippen molar-refractivity contribution in [3.63, 3.8) is 0 Å². The van der Waals surface area contributed by atoms with E-state index in [1.807, 2.05) is 11.9 Å². The van der Waals surface area contributed by atoms with Crippen molar-refractivity contribution in [3.8, 4) is 0 Å². The molecule has 19 heavy (non-hydrogen) atoms. The van der Waals surface area contributed by atoms with Crippen LogP contribution in [-0.4, -0.2) is 42.4 Å². The molecule has 106 valence electrons.